The van der Waals surface area contributed by atoms with Crippen molar-refractivity contribution < 1.29 is 23.4 Å². The normalized spacial score (nSPS) is 21.7. The number of rotatable bonds is 4. The maximum atomic E-state index is 13.3. The summed E-state index contributed by atoms with van der Waals surface area (Å²) in [7, 11) is -0.339. The van der Waals surface area contributed by atoms with Crippen molar-refractivity contribution in [3.8, 4) is 0 Å². The topological polar surface area (TPSA) is 98.2 Å². The van der Waals surface area contributed by atoms with Crippen LogP contribution in [0.25, 0.3) is 10.8 Å². The molecule has 1 aliphatic heterocycles. The summed E-state index contributed by atoms with van der Waals surface area (Å²) in [6, 6.07) is 9.18. The molecule has 0 radical (unpaired) electrons. The Kier molecular flexibility index (Phi) is 4.92. The lowest BCUT2D eigenvalue weighted by molar-refractivity contribution is -0.143. The van der Waals surface area contributed by atoms with Crippen molar-refractivity contribution in [2.45, 2.75) is 29.9 Å². The number of carbonyl (C=O) groups is 1. The molecule has 0 bridgehead atoms. The highest BCUT2D eigenvalue weighted by Gasteiger charge is 2.41. The van der Waals surface area contributed by atoms with E-state index < -0.39 is 28.1 Å². The fourth-order valence-electron chi connectivity index (χ4n) is 3.44. The Labute approximate surface area is 152 Å². The number of fused-ring (bicyclic) bond motifs is 1. The molecular formula is C18H22N2O5S. The molecule has 140 valence electrons. The van der Waals surface area contributed by atoms with Gasteiger partial charge in [0.15, 0.2) is 0 Å². The Hall–Kier alpha value is -2.16. The van der Waals surface area contributed by atoms with Gasteiger partial charge >= 0.3 is 5.97 Å². The number of hydrogen-bond acceptors (Lipinski definition) is 5. The predicted molar refractivity (Wildman–Crippen MR) is 98.8 cm³/mol. The Bertz CT molecular complexity index is 942. The van der Waals surface area contributed by atoms with Crippen molar-refractivity contribution in [2.75, 3.05) is 25.5 Å². The summed E-state index contributed by atoms with van der Waals surface area (Å²) in [5, 5.41) is 20.7. The van der Waals surface area contributed by atoms with Crippen molar-refractivity contribution in [1.82, 2.24) is 4.31 Å². The van der Waals surface area contributed by atoms with Crippen molar-refractivity contribution in [2.24, 2.45) is 0 Å². The van der Waals surface area contributed by atoms with Gasteiger partial charge in [0.2, 0.25) is 10.0 Å². The van der Waals surface area contributed by atoms with E-state index in [1.807, 2.05) is 31.1 Å². The van der Waals surface area contributed by atoms with E-state index in [4.69, 9.17) is 0 Å². The minimum atomic E-state index is -4.08. The highest BCUT2D eigenvalue weighted by atomic mass is 32.2. The molecule has 2 atom stereocenters. The van der Waals surface area contributed by atoms with E-state index in [0.717, 1.165) is 15.4 Å². The number of hydrogen-bond donors (Lipinski definition) is 2. The van der Waals surface area contributed by atoms with Crippen LogP contribution in [0.4, 0.5) is 5.69 Å². The number of piperidine rings is 1. The number of aliphatic hydroxyl groups is 1. The second kappa shape index (κ2) is 6.86. The van der Waals surface area contributed by atoms with Gasteiger partial charge in [-0.05, 0) is 25.0 Å². The van der Waals surface area contributed by atoms with Gasteiger partial charge in [-0.25, -0.2) is 8.42 Å². The van der Waals surface area contributed by atoms with Gasteiger partial charge in [-0.3, -0.25) is 4.79 Å². The Balaban J connectivity index is 2.18. The third-order valence-corrected chi connectivity index (χ3v) is 6.66. The largest absolute Gasteiger partial charge is 0.480 e. The van der Waals surface area contributed by atoms with Crippen LogP contribution in [0.3, 0.4) is 0 Å². The molecule has 1 aliphatic rings. The summed E-state index contributed by atoms with van der Waals surface area (Å²) in [4.78, 5) is 13.5. The summed E-state index contributed by atoms with van der Waals surface area (Å²) >= 11 is 0. The van der Waals surface area contributed by atoms with Crippen LogP contribution < -0.4 is 4.90 Å². The molecule has 0 amide bonds. The van der Waals surface area contributed by atoms with Gasteiger partial charge in [0, 0.05) is 37.1 Å². The summed E-state index contributed by atoms with van der Waals surface area (Å²) in [5.74, 6) is -1.20. The molecule has 26 heavy (non-hydrogen) atoms. The lowest BCUT2D eigenvalue weighted by Gasteiger charge is -2.34. The number of aliphatic hydroxyl groups excluding tert-OH is 1. The van der Waals surface area contributed by atoms with Crippen molar-refractivity contribution in [1.29, 1.82) is 0 Å². The molecule has 7 nitrogen and oxygen atoms in total. The molecule has 8 heteroatoms. The maximum absolute atomic E-state index is 13.3. The van der Waals surface area contributed by atoms with Gasteiger partial charge in [-0.2, -0.15) is 4.31 Å². The molecule has 0 aromatic heterocycles. The monoisotopic (exact) mass is 378 g/mol. The van der Waals surface area contributed by atoms with Gasteiger partial charge < -0.3 is 15.1 Å². The summed E-state index contributed by atoms with van der Waals surface area (Å²) in [6.45, 7) is -0.219. The number of carboxylic acid groups (broad SMARTS) is 1. The van der Waals surface area contributed by atoms with Gasteiger partial charge in [0.25, 0.3) is 0 Å². The van der Waals surface area contributed by atoms with Gasteiger partial charge in [-0.1, -0.05) is 24.3 Å². The van der Waals surface area contributed by atoms with Gasteiger partial charge in [0.05, 0.1) is 11.0 Å². The fraction of sp³-hybridized carbons (Fsp3) is 0.389. The number of carboxylic acids is 1. The molecule has 1 heterocycles. The minimum absolute atomic E-state index is 0.0547. The molecule has 0 unspecified atom stereocenters. The van der Waals surface area contributed by atoms with Crippen molar-refractivity contribution >= 4 is 32.5 Å². The molecular weight excluding hydrogens is 356 g/mol. The van der Waals surface area contributed by atoms with Crippen LogP contribution in [0.5, 0.6) is 0 Å². The Morgan fingerprint density at radius 1 is 1.12 bits per heavy atom. The summed E-state index contributed by atoms with van der Waals surface area (Å²) in [5.41, 5.74) is 0.869. The molecule has 2 N–H and O–H groups in total. The summed E-state index contributed by atoms with van der Waals surface area (Å²) in [6.07, 6.45) is -0.514. The molecule has 2 aromatic carbocycles. The zero-order valence-electron chi connectivity index (χ0n) is 14.7. The second-order valence-electron chi connectivity index (χ2n) is 6.68. The number of aliphatic carboxylic acids is 1. The SMILES string of the molecule is CN(C)c1cccc2c(S(=O)(=O)N3C[C@@H](O)CC[C@H]3C(=O)O)cccc12. The Morgan fingerprint density at radius 2 is 1.77 bits per heavy atom. The van der Waals surface area contributed by atoms with Gasteiger partial charge in [0.1, 0.15) is 6.04 Å². The zero-order chi connectivity index (χ0) is 19.1. The van der Waals surface area contributed by atoms with Crippen molar-refractivity contribution in [3.63, 3.8) is 0 Å². The van der Waals surface area contributed by atoms with Crippen LogP contribution >= 0.6 is 0 Å². The standard InChI is InChI=1S/C18H22N2O5S/c1-19(2)15-7-3-6-14-13(15)5-4-8-17(14)26(24,25)20-11-12(21)9-10-16(20)18(22)23/h3-8,12,16,21H,9-11H2,1-2H3,(H,22,23)/t12-,16-/m0/s1. The van der Waals surface area contributed by atoms with Crippen LogP contribution in [-0.2, 0) is 14.8 Å². The highest BCUT2D eigenvalue weighted by molar-refractivity contribution is 7.89. The fourth-order valence-corrected chi connectivity index (χ4v) is 5.30. The third-order valence-electron chi connectivity index (χ3n) is 4.72. The van der Waals surface area contributed by atoms with Crippen LogP contribution in [0.1, 0.15) is 12.8 Å². The average Bonchev–Trinajstić information content (AvgIpc) is 2.60. The molecule has 2 aromatic rings. The van der Waals surface area contributed by atoms with Gasteiger partial charge in [-0.15, -0.1) is 0 Å². The van der Waals surface area contributed by atoms with E-state index in [9.17, 15) is 23.4 Å². The quantitative estimate of drug-likeness (QED) is 0.837. The molecule has 0 spiro atoms. The number of benzene rings is 2. The molecule has 1 saturated heterocycles. The average molecular weight is 378 g/mol. The zero-order valence-corrected chi connectivity index (χ0v) is 15.5. The minimum Gasteiger partial charge on any atom is -0.480 e. The molecule has 1 fully saturated rings. The molecule has 0 saturated carbocycles. The lowest BCUT2D eigenvalue weighted by atomic mass is 10.0. The van der Waals surface area contributed by atoms with E-state index >= 15 is 0 Å². The molecule has 3 rings (SSSR count). The van der Waals surface area contributed by atoms with E-state index in [0.29, 0.717) is 5.39 Å². The van der Waals surface area contributed by atoms with E-state index in [1.54, 1.807) is 18.2 Å². The second-order valence-corrected chi connectivity index (χ2v) is 8.54. The van der Waals surface area contributed by atoms with Crippen molar-refractivity contribution in [3.05, 3.63) is 36.4 Å². The van der Waals surface area contributed by atoms with Crippen LogP contribution in [0.2, 0.25) is 0 Å². The smallest absolute Gasteiger partial charge is 0.322 e. The number of nitrogens with zero attached hydrogens (tertiary/aromatic N) is 2. The first-order chi connectivity index (χ1) is 12.2. The Morgan fingerprint density at radius 3 is 2.42 bits per heavy atom. The lowest BCUT2D eigenvalue weighted by Crippen LogP contribution is -2.52. The van der Waals surface area contributed by atoms with Crippen LogP contribution in [-0.4, -0.2) is 61.7 Å². The summed E-state index contributed by atoms with van der Waals surface area (Å²) < 4.78 is 27.5. The van der Waals surface area contributed by atoms with E-state index in [1.165, 1.54) is 6.07 Å². The first-order valence-corrected chi connectivity index (χ1v) is 9.79. The maximum Gasteiger partial charge on any atom is 0.322 e. The third kappa shape index (κ3) is 3.15. The molecule has 0 aliphatic carbocycles. The number of anilines is 1. The first-order valence-electron chi connectivity index (χ1n) is 8.35. The predicted octanol–water partition coefficient (Wildman–Crippen LogP) is 1.50. The van der Waals surface area contributed by atoms with E-state index in [2.05, 4.69) is 0 Å². The number of β-amino-alcohol motifs (C(OH)–C–C–N with tert-alkyl or cyclic N) is 1. The van der Waals surface area contributed by atoms with Crippen LogP contribution in [0.15, 0.2) is 41.3 Å². The highest BCUT2D eigenvalue weighted by Crippen LogP contribution is 2.33. The van der Waals surface area contributed by atoms with Crippen LogP contribution in [0, 0.1) is 0 Å². The van der Waals surface area contributed by atoms with E-state index in [-0.39, 0.29) is 24.3 Å². The first kappa shape index (κ1) is 18.6. The number of sulfonamides is 1.